The lowest BCUT2D eigenvalue weighted by molar-refractivity contribution is 0.129. The summed E-state index contributed by atoms with van der Waals surface area (Å²) in [6, 6.07) is 0. The molecule has 0 aromatic carbocycles. The molecule has 1 nitrogen and oxygen atoms in total. The monoisotopic (exact) mass is 132 g/mol. The Morgan fingerprint density at radius 3 is 3.12 bits per heavy atom. The van der Waals surface area contributed by atoms with E-state index in [4.69, 9.17) is 4.74 Å². The van der Waals surface area contributed by atoms with Crippen molar-refractivity contribution in [3.63, 3.8) is 0 Å². The van der Waals surface area contributed by atoms with E-state index in [9.17, 15) is 0 Å². The first kappa shape index (κ1) is 6.43. The molecule has 2 heteroatoms. The molecule has 0 spiro atoms. The van der Waals surface area contributed by atoms with E-state index in [0.29, 0.717) is 6.10 Å². The zero-order valence-corrected chi connectivity index (χ0v) is 6.04. The Bertz CT molecular complexity index is 59.5. The Morgan fingerprint density at radius 2 is 2.62 bits per heavy atom. The standard InChI is InChI=1S/C6H12OS/c1-8-5-6-3-2-4-7-6/h6H,2-5H2,1H3/t6-/m0/s1. The molecule has 1 fully saturated rings. The van der Waals surface area contributed by atoms with Crippen molar-refractivity contribution in [1.29, 1.82) is 0 Å². The van der Waals surface area contributed by atoms with Crippen LogP contribution in [0.1, 0.15) is 12.8 Å². The van der Waals surface area contributed by atoms with E-state index in [2.05, 4.69) is 6.26 Å². The summed E-state index contributed by atoms with van der Waals surface area (Å²) in [6.45, 7) is 0.991. The largest absolute Gasteiger partial charge is 0.377 e. The maximum Gasteiger partial charge on any atom is 0.0666 e. The predicted molar refractivity (Wildman–Crippen MR) is 37.4 cm³/mol. The lowest BCUT2D eigenvalue weighted by Gasteiger charge is -2.04. The van der Waals surface area contributed by atoms with Gasteiger partial charge in [-0.25, -0.2) is 0 Å². The molecule has 0 radical (unpaired) electrons. The van der Waals surface area contributed by atoms with Crippen molar-refractivity contribution >= 4 is 11.8 Å². The fourth-order valence-electron chi connectivity index (χ4n) is 0.962. The molecule has 1 aliphatic heterocycles. The molecule has 0 aliphatic carbocycles. The lowest BCUT2D eigenvalue weighted by atomic mass is 10.3. The van der Waals surface area contributed by atoms with Crippen LogP contribution in [0.2, 0.25) is 0 Å². The number of rotatable bonds is 2. The zero-order valence-electron chi connectivity index (χ0n) is 5.22. The highest BCUT2D eigenvalue weighted by Gasteiger charge is 2.13. The van der Waals surface area contributed by atoms with Gasteiger partial charge in [-0.2, -0.15) is 11.8 Å². The Kier molecular flexibility index (Phi) is 2.70. The van der Waals surface area contributed by atoms with E-state index < -0.39 is 0 Å². The topological polar surface area (TPSA) is 9.23 Å². The Balaban J connectivity index is 2.06. The van der Waals surface area contributed by atoms with Crippen molar-refractivity contribution in [2.75, 3.05) is 18.6 Å². The van der Waals surface area contributed by atoms with Gasteiger partial charge in [0.2, 0.25) is 0 Å². The quantitative estimate of drug-likeness (QED) is 0.563. The van der Waals surface area contributed by atoms with Crippen LogP contribution < -0.4 is 0 Å². The highest BCUT2D eigenvalue weighted by molar-refractivity contribution is 7.98. The molecule has 1 saturated heterocycles. The van der Waals surface area contributed by atoms with Gasteiger partial charge in [0, 0.05) is 12.4 Å². The number of ether oxygens (including phenoxy) is 1. The molecule has 0 N–H and O–H groups in total. The van der Waals surface area contributed by atoms with E-state index in [1.807, 2.05) is 11.8 Å². The second-order valence-electron chi connectivity index (χ2n) is 2.09. The molecule has 0 unspecified atom stereocenters. The average molecular weight is 132 g/mol. The van der Waals surface area contributed by atoms with Gasteiger partial charge < -0.3 is 4.74 Å². The van der Waals surface area contributed by atoms with E-state index in [1.165, 1.54) is 18.6 Å². The summed E-state index contributed by atoms with van der Waals surface area (Å²) >= 11 is 1.87. The van der Waals surface area contributed by atoms with Crippen molar-refractivity contribution in [2.24, 2.45) is 0 Å². The van der Waals surface area contributed by atoms with Crippen molar-refractivity contribution in [1.82, 2.24) is 0 Å². The van der Waals surface area contributed by atoms with Crippen molar-refractivity contribution in [3.05, 3.63) is 0 Å². The minimum atomic E-state index is 0.574. The molecular weight excluding hydrogens is 120 g/mol. The van der Waals surface area contributed by atoms with Gasteiger partial charge in [0.1, 0.15) is 0 Å². The molecule has 0 aromatic rings. The predicted octanol–water partition coefficient (Wildman–Crippen LogP) is 1.53. The van der Waals surface area contributed by atoms with Gasteiger partial charge in [-0.1, -0.05) is 0 Å². The summed E-state index contributed by atoms with van der Waals surface area (Å²) in [4.78, 5) is 0. The average Bonchev–Trinajstić information content (AvgIpc) is 2.19. The Labute approximate surface area is 54.8 Å². The highest BCUT2D eigenvalue weighted by atomic mass is 32.2. The summed E-state index contributed by atoms with van der Waals surface area (Å²) < 4.78 is 5.37. The van der Waals surface area contributed by atoms with Crippen LogP contribution in [0.3, 0.4) is 0 Å². The lowest BCUT2D eigenvalue weighted by Crippen LogP contribution is -2.06. The van der Waals surface area contributed by atoms with Crippen molar-refractivity contribution < 1.29 is 4.74 Å². The highest BCUT2D eigenvalue weighted by Crippen LogP contribution is 2.14. The molecule has 8 heavy (non-hydrogen) atoms. The van der Waals surface area contributed by atoms with Gasteiger partial charge in [-0.05, 0) is 19.1 Å². The van der Waals surface area contributed by atoms with Crippen LogP contribution in [0.4, 0.5) is 0 Å². The number of hydrogen-bond donors (Lipinski definition) is 0. The molecule has 1 atom stereocenters. The second kappa shape index (κ2) is 3.36. The van der Waals surface area contributed by atoms with Crippen LogP contribution >= 0.6 is 11.8 Å². The smallest absolute Gasteiger partial charge is 0.0666 e. The molecule has 0 amide bonds. The van der Waals surface area contributed by atoms with Crippen molar-refractivity contribution in [3.8, 4) is 0 Å². The SMILES string of the molecule is CSC[C@@H]1CCCO1. The third kappa shape index (κ3) is 1.67. The van der Waals surface area contributed by atoms with E-state index in [1.54, 1.807) is 0 Å². The molecule has 0 aromatic heterocycles. The number of hydrogen-bond acceptors (Lipinski definition) is 2. The van der Waals surface area contributed by atoms with Gasteiger partial charge >= 0.3 is 0 Å². The maximum absolute atomic E-state index is 5.37. The van der Waals surface area contributed by atoms with Gasteiger partial charge in [-0.3, -0.25) is 0 Å². The van der Waals surface area contributed by atoms with Gasteiger partial charge in [0.15, 0.2) is 0 Å². The normalized spacial score (nSPS) is 28.9. The third-order valence-electron chi connectivity index (χ3n) is 1.38. The summed E-state index contributed by atoms with van der Waals surface area (Å²) in [7, 11) is 0. The minimum absolute atomic E-state index is 0.574. The first-order valence-corrected chi connectivity index (χ1v) is 4.43. The first-order valence-electron chi connectivity index (χ1n) is 3.04. The van der Waals surface area contributed by atoms with E-state index >= 15 is 0 Å². The fraction of sp³-hybridized carbons (Fsp3) is 1.00. The first-order chi connectivity index (χ1) is 3.93. The zero-order chi connectivity index (χ0) is 5.82. The molecule has 48 valence electrons. The molecule has 0 saturated carbocycles. The summed E-state index contributed by atoms with van der Waals surface area (Å²) in [6.07, 6.45) is 5.25. The van der Waals surface area contributed by atoms with Crippen LogP contribution in [-0.4, -0.2) is 24.7 Å². The maximum atomic E-state index is 5.37. The fourth-order valence-corrected chi connectivity index (χ4v) is 1.60. The molecule has 1 aliphatic rings. The third-order valence-corrected chi connectivity index (χ3v) is 2.08. The molecule has 1 rings (SSSR count). The summed E-state index contributed by atoms with van der Waals surface area (Å²) in [5, 5.41) is 0. The minimum Gasteiger partial charge on any atom is -0.377 e. The van der Waals surface area contributed by atoms with Gasteiger partial charge in [0.25, 0.3) is 0 Å². The van der Waals surface area contributed by atoms with Crippen LogP contribution in [0.5, 0.6) is 0 Å². The molecular formula is C6H12OS. The van der Waals surface area contributed by atoms with E-state index in [-0.39, 0.29) is 0 Å². The Morgan fingerprint density at radius 1 is 1.75 bits per heavy atom. The van der Waals surface area contributed by atoms with Crippen LogP contribution in [0.15, 0.2) is 0 Å². The van der Waals surface area contributed by atoms with Gasteiger partial charge in [-0.15, -0.1) is 0 Å². The summed E-state index contributed by atoms with van der Waals surface area (Å²) in [5.41, 5.74) is 0. The Hall–Kier alpha value is 0.310. The molecule has 1 heterocycles. The molecule has 0 bridgehead atoms. The van der Waals surface area contributed by atoms with Crippen LogP contribution in [0, 0.1) is 0 Å². The summed E-state index contributed by atoms with van der Waals surface area (Å²) in [5.74, 6) is 1.18. The van der Waals surface area contributed by atoms with Gasteiger partial charge in [0.05, 0.1) is 6.10 Å². The van der Waals surface area contributed by atoms with Crippen LogP contribution in [-0.2, 0) is 4.74 Å². The second-order valence-corrected chi connectivity index (χ2v) is 3.00. The van der Waals surface area contributed by atoms with Crippen LogP contribution in [0.25, 0.3) is 0 Å². The van der Waals surface area contributed by atoms with E-state index in [0.717, 1.165) is 6.61 Å². The van der Waals surface area contributed by atoms with Crippen molar-refractivity contribution in [2.45, 2.75) is 18.9 Å². The number of thioether (sulfide) groups is 1.